The van der Waals surface area contributed by atoms with E-state index in [2.05, 4.69) is 15.6 Å². The number of hydrogen-bond acceptors (Lipinski definition) is 5. The van der Waals surface area contributed by atoms with Crippen molar-refractivity contribution in [2.45, 2.75) is 13.1 Å². The van der Waals surface area contributed by atoms with Crippen LogP contribution in [0.25, 0.3) is 0 Å². The maximum atomic E-state index is 8.74. The SMILES string of the molecule is COc1ccc(/C(N)=N/O)cc1CNCc1cnn(C)c1. The summed E-state index contributed by atoms with van der Waals surface area (Å²) in [5.74, 6) is 0.828. The normalized spacial score (nSPS) is 11.6. The molecule has 0 amide bonds. The Hall–Kier alpha value is -2.54. The third-order valence-electron chi connectivity index (χ3n) is 3.09. The molecule has 0 spiro atoms. The number of nitrogens with zero attached hydrogens (tertiary/aromatic N) is 3. The van der Waals surface area contributed by atoms with Crippen molar-refractivity contribution in [3.63, 3.8) is 0 Å². The van der Waals surface area contributed by atoms with E-state index in [1.807, 2.05) is 25.5 Å². The Labute approximate surface area is 123 Å². The smallest absolute Gasteiger partial charge is 0.170 e. The standard InChI is InChI=1S/C14H19N5O2/c1-19-9-10(7-17-19)6-16-8-12-5-11(14(15)18-20)3-4-13(12)21-2/h3-5,7,9,16,20H,6,8H2,1-2H3,(H2,15,18). The van der Waals surface area contributed by atoms with E-state index in [1.165, 1.54) is 0 Å². The predicted molar refractivity (Wildman–Crippen MR) is 79.3 cm³/mol. The first-order valence-electron chi connectivity index (χ1n) is 6.47. The molecule has 2 aromatic rings. The molecule has 7 nitrogen and oxygen atoms in total. The molecule has 0 atom stereocenters. The Balaban J connectivity index is 2.06. The van der Waals surface area contributed by atoms with Gasteiger partial charge in [0, 0.05) is 43.0 Å². The van der Waals surface area contributed by atoms with E-state index in [0.717, 1.165) is 16.9 Å². The van der Waals surface area contributed by atoms with E-state index in [-0.39, 0.29) is 5.84 Å². The first-order valence-corrected chi connectivity index (χ1v) is 6.47. The van der Waals surface area contributed by atoms with Crippen LogP contribution in [0.1, 0.15) is 16.7 Å². The van der Waals surface area contributed by atoms with E-state index < -0.39 is 0 Å². The van der Waals surface area contributed by atoms with Gasteiger partial charge in [0.15, 0.2) is 5.84 Å². The molecule has 1 heterocycles. The Morgan fingerprint density at radius 2 is 2.29 bits per heavy atom. The van der Waals surface area contributed by atoms with Crippen LogP contribution in [-0.4, -0.2) is 27.9 Å². The summed E-state index contributed by atoms with van der Waals surface area (Å²) in [7, 11) is 3.50. The van der Waals surface area contributed by atoms with Gasteiger partial charge in [0.25, 0.3) is 0 Å². The number of nitrogens with two attached hydrogens (primary N) is 1. The van der Waals surface area contributed by atoms with Crippen LogP contribution in [0.5, 0.6) is 5.75 Å². The molecular formula is C14H19N5O2. The number of aryl methyl sites for hydroxylation is 1. The van der Waals surface area contributed by atoms with Gasteiger partial charge in [0.2, 0.25) is 0 Å². The molecule has 4 N–H and O–H groups in total. The molecule has 0 aliphatic heterocycles. The lowest BCUT2D eigenvalue weighted by Gasteiger charge is -2.11. The maximum Gasteiger partial charge on any atom is 0.170 e. The van der Waals surface area contributed by atoms with Gasteiger partial charge in [0.05, 0.1) is 13.3 Å². The lowest BCUT2D eigenvalue weighted by molar-refractivity contribution is 0.318. The summed E-state index contributed by atoms with van der Waals surface area (Å²) in [5.41, 5.74) is 8.29. The first-order chi connectivity index (χ1) is 10.1. The second-order valence-corrected chi connectivity index (χ2v) is 4.64. The minimum absolute atomic E-state index is 0.0752. The van der Waals surface area contributed by atoms with E-state index in [0.29, 0.717) is 18.7 Å². The highest BCUT2D eigenvalue weighted by Crippen LogP contribution is 2.19. The number of ether oxygens (including phenoxy) is 1. The quantitative estimate of drug-likeness (QED) is 0.316. The van der Waals surface area contributed by atoms with Crippen molar-refractivity contribution in [1.82, 2.24) is 15.1 Å². The summed E-state index contributed by atoms with van der Waals surface area (Å²) in [6, 6.07) is 5.39. The summed E-state index contributed by atoms with van der Waals surface area (Å²) < 4.78 is 7.08. The fraction of sp³-hybridized carbons (Fsp3) is 0.286. The van der Waals surface area contributed by atoms with Crippen LogP contribution in [0.4, 0.5) is 0 Å². The lowest BCUT2D eigenvalue weighted by Crippen LogP contribution is -2.16. The molecule has 0 radical (unpaired) electrons. The highest BCUT2D eigenvalue weighted by atomic mass is 16.5. The minimum Gasteiger partial charge on any atom is -0.496 e. The van der Waals surface area contributed by atoms with Crippen LogP contribution < -0.4 is 15.8 Å². The van der Waals surface area contributed by atoms with Gasteiger partial charge < -0.3 is 21.0 Å². The Morgan fingerprint density at radius 1 is 1.48 bits per heavy atom. The maximum absolute atomic E-state index is 8.74. The van der Waals surface area contributed by atoms with E-state index in [9.17, 15) is 0 Å². The van der Waals surface area contributed by atoms with Crippen molar-refractivity contribution in [3.05, 3.63) is 47.3 Å². The molecule has 2 rings (SSSR count). The average Bonchev–Trinajstić information content (AvgIpc) is 2.91. The molecule has 0 aliphatic rings. The van der Waals surface area contributed by atoms with E-state index in [4.69, 9.17) is 15.7 Å². The molecule has 0 bridgehead atoms. The molecule has 1 aromatic heterocycles. The fourth-order valence-corrected chi connectivity index (χ4v) is 2.04. The summed E-state index contributed by atoms with van der Waals surface area (Å²) in [6.07, 6.45) is 3.77. The molecule has 7 heteroatoms. The van der Waals surface area contributed by atoms with Gasteiger partial charge in [-0.2, -0.15) is 5.10 Å². The monoisotopic (exact) mass is 289 g/mol. The molecule has 21 heavy (non-hydrogen) atoms. The predicted octanol–water partition coefficient (Wildman–Crippen LogP) is 0.813. The molecular weight excluding hydrogens is 270 g/mol. The Bertz CT molecular complexity index is 636. The zero-order valence-electron chi connectivity index (χ0n) is 12.1. The number of oxime groups is 1. The highest BCUT2D eigenvalue weighted by Gasteiger charge is 2.07. The van der Waals surface area contributed by atoms with E-state index in [1.54, 1.807) is 23.9 Å². The van der Waals surface area contributed by atoms with Gasteiger partial charge in [-0.1, -0.05) is 5.16 Å². The molecule has 0 fully saturated rings. The van der Waals surface area contributed by atoms with Crippen LogP contribution in [0, 0.1) is 0 Å². The van der Waals surface area contributed by atoms with Crippen LogP contribution in [0.3, 0.4) is 0 Å². The van der Waals surface area contributed by atoms with Gasteiger partial charge in [-0.3, -0.25) is 4.68 Å². The Kier molecular flexibility index (Phi) is 4.78. The second kappa shape index (κ2) is 6.76. The average molecular weight is 289 g/mol. The number of amidine groups is 1. The van der Waals surface area contributed by atoms with Gasteiger partial charge in [-0.15, -0.1) is 0 Å². The van der Waals surface area contributed by atoms with Crippen molar-refractivity contribution in [1.29, 1.82) is 0 Å². The molecule has 0 aliphatic carbocycles. The molecule has 0 unspecified atom stereocenters. The number of aromatic nitrogens is 2. The fourth-order valence-electron chi connectivity index (χ4n) is 2.04. The van der Waals surface area contributed by atoms with Crippen LogP contribution in [0.15, 0.2) is 35.7 Å². The largest absolute Gasteiger partial charge is 0.496 e. The highest BCUT2D eigenvalue weighted by molar-refractivity contribution is 5.97. The van der Waals surface area contributed by atoms with Crippen molar-refractivity contribution in [2.75, 3.05) is 7.11 Å². The van der Waals surface area contributed by atoms with Crippen molar-refractivity contribution in [2.24, 2.45) is 17.9 Å². The number of benzene rings is 1. The van der Waals surface area contributed by atoms with Crippen LogP contribution >= 0.6 is 0 Å². The van der Waals surface area contributed by atoms with Crippen molar-refractivity contribution < 1.29 is 9.94 Å². The van der Waals surface area contributed by atoms with Crippen LogP contribution in [0.2, 0.25) is 0 Å². The summed E-state index contributed by atoms with van der Waals surface area (Å²) in [6.45, 7) is 1.30. The third kappa shape index (κ3) is 3.73. The summed E-state index contributed by atoms with van der Waals surface area (Å²) in [5, 5.41) is 19.2. The second-order valence-electron chi connectivity index (χ2n) is 4.64. The number of hydrogen-bond donors (Lipinski definition) is 3. The zero-order valence-corrected chi connectivity index (χ0v) is 12.1. The topological polar surface area (TPSA) is 97.7 Å². The van der Waals surface area contributed by atoms with Gasteiger partial charge in [-0.25, -0.2) is 0 Å². The van der Waals surface area contributed by atoms with Gasteiger partial charge in [-0.05, 0) is 18.2 Å². The van der Waals surface area contributed by atoms with Gasteiger partial charge in [0.1, 0.15) is 5.75 Å². The third-order valence-corrected chi connectivity index (χ3v) is 3.09. The van der Waals surface area contributed by atoms with E-state index >= 15 is 0 Å². The molecule has 0 saturated carbocycles. The van der Waals surface area contributed by atoms with Gasteiger partial charge >= 0.3 is 0 Å². The van der Waals surface area contributed by atoms with Crippen molar-refractivity contribution in [3.8, 4) is 5.75 Å². The summed E-state index contributed by atoms with van der Waals surface area (Å²) >= 11 is 0. The summed E-state index contributed by atoms with van der Waals surface area (Å²) in [4.78, 5) is 0. The molecule has 0 saturated heterocycles. The molecule has 112 valence electrons. The Morgan fingerprint density at radius 3 is 2.90 bits per heavy atom. The molecule has 1 aromatic carbocycles. The minimum atomic E-state index is 0.0752. The number of methoxy groups -OCH3 is 1. The van der Waals surface area contributed by atoms with Crippen LogP contribution in [-0.2, 0) is 20.1 Å². The number of nitrogens with one attached hydrogen (secondary N) is 1. The zero-order chi connectivity index (χ0) is 15.2. The number of rotatable bonds is 6. The lowest BCUT2D eigenvalue weighted by atomic mass is 10.1. The first kappa shape index (κ1) is 14.9. The van der Waals surface area contributed by atoms with Crippen molar-refractivity contribution >= 4 is 5.84 Å².